The van der Waals surface area contributed by atoms with E-state index in [2.05, 4.69) is 91.2 Å². The van der Waals surface area contributed by atoms with Crippen LogP contribution in [0.25, 0.3) is 56.8 Å². The Morgan fingerprint density at radius 2 is 1.32 bits per heavy atom. The highest BCUT2D eigenvalue weighted by Gasteiger charge is 2.36. The Hall–Kier alpha value is -4.83. The highest BCUT2D eigenvalue weighted by atomic mass is 15.2. The third-order valence-electron chi connectivity index (χ3n) is 8.53. The van der Waals surface area contributed by atoms with Crippen molar-refractivity contribution in [1.29, 1.82) is 0 Å². The molecule has 0 radical (unpaired) electrons. The molecule has 0 amide bonds. The first-order chi connectivity index (χ1) is 19.6. The maximum absolute atomic E-state index is 5.12. The van der Waals surface area contributed by atoms with Crippen molar-refractivity contribution in [2.45, 2.75) is 32.1 Å². The predicted molar refractivity (Wildman–Crippen MR) is 162 cm³/mol. The van der Waals surface area contributed by atoms with Crippen molar-refractivity contribution in [2.75, 3.05) is 0 Å². The van der Waals surface area contributed by atoms with Gasteiger partial charge in [-0.3, -0.25) is 4.57 Å². The summed E-state index contributed by atoms with van der Waals surface area (Å²) < 4.78 is 2.30. The van der Waals surface area contributed by atoms with Crippen molar-refractivity contribution in [3.63, 3.8) is 0 Å². The van der Waals surface area contributed by atoms with Gasteiger partial charge in [-0.25, -0.2) is 4.98 Å². The molecule has 4 nitrogen and oxygen atoms in total. The van der Waals surface area contributed by atoms with Crippen LogP contribution >= 0.6 is 0 Å². The lowest BCUT2D eigenvalue weighted by Crippen LogP contribution is -2.15. The first kappa shape index (κ1) is 23.1. The fourth-order valence-corrected chi connectivity index (χ4v) is 6.54. The van der Waals surface area contributed by atoms with Gasteiger partial charge in [-0.15, -0.1) is 0 Å². The number of allylic oxidation sites excluding steroid dienone is 1. The molecule has 8 rings (SSSR count). The Kier molecular flexibility index (Phi) is 4.96. The fourth-order valence-electron chi connectivity index (χ4n) is 6.54. The van der Waals surface area contributed by atoms with Gasteiger partial charge < -0.3 is 0 Å². The summed E-state index contributed by atoms with van der Waals surface area (Å²) in [5, 5.41) is 1.25. The van der Waals surface area contributed by atoms with E-state index in [0.717, 1.165) is 29.5 Å². The molecule has 0 bridgehead atoms. The minimum absolute atomic E-state index is 0.0882. The van der Waals surface area contributed by atoms with Crippen LogP contribution in [0.2, 0.25) is 0 Å². The molecule has 2 aromatic heterocycles. The Morgan fingerprint density at radius 3 is 2.02 bits per heavy atom. The molecular weight excluding hydrogens is 488 g/mol. The monoisotopic (exact) mass is 516 g/mol. The zero-order valence-electron chi connectivity index (χ0n) is 22.6. The minimum atomic E-state index is -0.0882. The van der Waals surface area contributed by atoms with E-state index in [1.165, 1.54) is 38.9 Å². The van der Waals surface area contributed by atoms with Gasteiger partial charge in [0.1, 0.15) is 0 Å². The first-order valence-corrected chi connectivity index (χ1v) is 13.9. The summed E-state index contributed by atoms with van der Waals surface area (Å²) in [5.41, 5.74) is 11.0. The molecule has 0 fully saturated rings. The summed E-state index contributed by atoms with van der Waals surface area (Å²) >= 11 is 0. The molecule has 0 spiro atoms. The third kappa shape index (κ3) is 3.35. The molecule has 40 heavy (non-hydrogen) atoms. The van der Waals surface area contributed by atoms with Gasteiger partial charge in [0.25, 0.3) is 0 Å². The molecule has 4 aromatic carbocycles. The van der Waals surface area contributed by atoms with Crippen LogP contribution in [0, 0.1) is 0 Å². The molecular formula is C36H28N4. The van der Waals surface area contributed by atoms with Crippen LogP contribution in [0.1, 0.15) is 42.7 Å². The summed E-state index contributed by atoms with van der Waals surface area (Å²) in [4.78, 5) is 15.2. The topological polar surface area (TPSA) is 43.6 Å². The normalized spacial score (nSPS) is 14.7. The summed E-state index contributed by atoms with van der Waals surface area (Å²) in [5.74, 6) is 2.03. The summed E-state index contributed by atoms with van der Waals surface area (Å²) in [6.07, 6.45) is 6.51. The Labute approximate surface area is 233 Å². The van der Waals surface area contributed by atoms with Crippen LogP contribution in [0.4, 0.5) is 0 Å². The minimum Gasteiger partial charge on any atom is -0.282 e. The molecule has 0 N–H and O–H groups in total. The van der Waals surface area contributed by atoms with Crippen molar-refractivity contribution in [1.82, 2.24) is 19.5 Å². The molecule has 6 aromatic rings. The Bertz CT molecular complexity index is 1910. The second-order valence-corrected chi connectivity index (χ2v) is 11.2. The summed E-state index contributed by atoms with van der Waals surface area (Å²) in [7, 11) is 0. The van der Waals surface area contributed by atoms with Gasteiger partial charge >= 0.3 is 0 Å². The number of benzene rings is 4. The number of hydrogen-bond donors (Lipinski definition) is 0. The molecule has 4 heteroatoms. The van der Waals surface area contributed by atoms with Gasteiger partial charge in [-0.2, -0.15) is 9.97 Å². The van der Waals surface area contributed by atoms with Crippen LogP contribution in [-0.4, -0.2) is 19.5 Å². The van der Waals surface area contributed by atoms with Crippen molar-refractivity contribution in [3.8, 4) is 39.9 Å². The lowest BCUT2D eigenvalue weighted by Gasteiger charge is -2.21. The Balaban J connectivity index is 1.44. The van der Waals surface area contributed by atoms with Crippen LogP contribution in [0.15, 0.2) is 103 Å². The third-order valence-corrected chi connectivity index (χ3v) is 8.53. The molecule has 0 aliphatic heterocycles. The van der Waals surface area contributed by atoms with Crippen molar-refractivity contribution in [2.24, 2.45) is 0 Å². The van der Waals surface area contributed by atoms with E-state index >= 15 is 0 Å². The maximum atomic E-state index is 5.12. The fraction of sp³-hybridized carbons (Fsp3) is 0.139. The molecule has 192 valence electrons. The van der Waals surface area contributed by atoms with E-state index in [4.69, 9.17) is 15.0 Å². The quantitative estimate of drug-likeness (QED) is 0.237. The van der Waals surface area contributed by atoms with Gasteiger partial charge in [0.05, 0.1) is 5.52 Å². The van der Waals surface area contributed by atoms with Gasteiger partial charge in [0.2, 0.25) is 5.95 Å². The van der Waals surface area contributed by atoms with Gasteiger partial charge in [0, 0.05) is 33.2 Å². The van der Waals surface area contributed by atoms with Crippen LogP contribution in [-0.2, 0) is 11.8 Å². The largest absolute Gasteiger partial charge is 0.282 e. The smallest absolute Gasteiger partial charge is 0.238 e. The summed E-state index contributed by atoms with van der Waals surface area (Å²) in [6, 6.07) is 34.0. The number of fused-ring (bicyclic) bond motifs is 6. The van der Waals surface area contributed by atoms with E-state index in [-0.39, 0.29) is 5.41 Å². The van der Waals surface area contributed by atoms with Gasteiger partial charge in [0.15, 0.2) is 11.6 Å². The molecule has 0 atom stereocenters. The summed E-state index contributed by atoms with van der Waals surface area (Å²) in [6.45, 7) is 4.67. The van der Waals surface area contributed by atoms with E-state index in [1.54, 1.807) is 0 Å². The molecule has 2 heterocycles. The molecule has 0 unspecified atom stereocenters. The zero-order valence-corrected chi connectivity index (χ0v) is 22.6. The number of hydrogen-bond acceptors (Lipinski definition) is 3. The molecule has 2 aliphatic rings. The standard InChI is InChI=1S/C36H28N4/c1-36(2)29-19-11-9-17-25(29)27-21-28-26-18-10-12-20-31(26)40(32(28)22-30(27)36)35-38-33(23-13-5-3-6-14-23)37-34(39-35)24-15-7-4-8-16-24/h3-11,13-19,21-22H,12,20H2,1-2H3. The second kappa shape index (κ2) is 8.59. The average Bonchev–Trinajstić information content (AvgIpc) is 3.45. The van der Waals surface area contributed by atoms with Crippen LogP contribution < -0.4 is 0 Å². The Morgan fingerprint density at radius 1 is 0.675 bits per heavy atom. The number of aromatic nitrogens is 4. The van der Waals surface area contributed by atoms with E-state index in [0.29, 0.717) is 17.6 Å². The number of nitrogens with zero attached hydrogens (tertiary/aromatic N) is 4. The highest BCUT2D eigenvalue weighted by molar-refractivity contribution is 5.99. The predicted octanol–water partition coefficient (Wildman–Crippen LogP) is 8.42. The zero-order chi connectivity index (χ0) is 26.8. The van der Waals surface area contributed by atoms with Gasteiger partial charge in [-0.1, -0.05) is 111 Å². The van der Waals surface area contributed by atoms with Crippen LogP contribution in [0.3, 0.4) is 0 Å². The number of rotatable bonds is 3. The van der Waals surface area contributed by atoms with Crippen molar-refractivity contribution < 1.29 is 0 Å². The van der Waals surface area contributed by atoms with E-state index in [1.807, 2.05) is 36.4 Å². The average molecular weight is 517 g/mol. The second-order valence-electron chi connectivity index (χ2n) is 11.2. The maximum Gasteiger partial charge on any atom is 0.238 e. The van der Waals surface area contributed by atoms with E-state index < -0.39 is 0 Å². The van der Waals surface area contributed by atoms with E-state index in [9.17, 15) is 0 Å². The van der Waals surface area contributed by atoms with Gasteiger partial charge in [-0.05, 0) is 47.2 Å². The SMILES string of the molecule is CC1(C)c2ccccc2-c2cc3c4c(n(-c5nc(-c6ccccc6)nc(-c6ccccc6)n5)c3cc21)CCC=C4. The molecule has 0 saturated heterocycles. The lowest BCUT2D eigenvalue weighted by molar-refractivity contribution is 0.660. The first-order valence-electron chi connectivity index (χ1n) is 13.9. The van der Waals surface area contributed by atoms with Crippen molar-refractivity contribution in [3.05, 3.63) is 126 Å². The molecule has 0 saturated carbocycles. The van der Waals surface area contributed by atoms with Crippen molar-refractivity contribution >= 4 is 17.0 Å². The lowest BCUT2D eigenvalue weighted by atomic mass is 9.82. The van der Waals surface area contributed by atoms with Crippen LogP contribution in [0.5, 0.6) is 0 Å². The highest BCUT2D eigenvalue weighted by Crippen LogP contribution is 2.51. The molecule has 2 aliphatic carbocycles.